The Balaban J connectivity index is 1.75. The standard InChI is InChI=1S/C16H24N4O2/c1-3-17-16(20-14-10-11(14)2)19-9-8-18-15(22)12-4-6-13(21)7-5-12/h4-7,11,14,21H,3,8-10H2,1-2H3,(H,18,22)(H2,17,19,20). The molecule has 1 saturated carbocycles. The molecule has 2 atom stereocenters. The molecule has 120 valence electrons. The van der Waals surface area contributed by atoms with Gasteiger partial charge in [0.15, 0.2) is 5.96 Å². The Morgan fingerprint density at radius 1 is 1.32 bits per heavy atom. The molecule has 0 spiro atoms. The minimum Gasteiger partial charge on any atom is -0.508 e. The number of carbonyl (C=O) groups is 1. The van der Waals surface area contributed by atoms with E-state index < -0.39 is 0 Å². The van der Waals surface area contributed by atoms with Crippen molar-refractivity contribution < 1.29 is 9.90 Å². The fourth-order valence-corrected chi connectivity index (χ4v) is 2.07. The van der Waals surface area contributed by atoms with E-state index in [-0.39, 0.29) is 11.7 Å². The zero-order valence-electron chi connectivity index (χ0n) is 13.1. The van der Waals surface area contributed by atoms with Crippen LogP contribution in [-0.2, 0) is 0 Å². The maximum Gasteiger partial charge on any atom is 0.251 e. The SMILES string of the molecule is CCNC(=NCCNC(=O)c1ccc(O)cc1)NC1CC1C. The molecule has 4 N–H and O–H groups in total. The lowest BCUT2D eigenvalue weighted by Gasteiger charge is -2.11. The maximum absolute atomic E-state index is 11.9. The van der Waals surface area contributed by atoms with Gasteiger partial charge in [-0.3, -0.25) is 9.79 Å². The normalized spacial score (nSPS) is 20.4. The number of hydrogen-bond donors (Lipinski definition) is 4. The Hall–Kier alpha value is -2.24. The summed E-state index contributed by atoms with van der Waals surface area (Å²) in [6.45, 7) is 6.03. The van der Waals surface area contributed by atoms with Crippen LogP contribution in [-0.4, -0.2) is 42.6 Å². The lowest BCUT2D eigenvalue weighted by atomic mass is 10.2. The summed E-state index contributed by atoms with van der Waals surface area (Å²) in [5, 5.41) is 18.6. The summed E-state index contributed by atoms with van der Waals surface area (Å²) in [4.78, 5) is 16.3. The lowest BCUT2D eigenvalue weighted by Crippen LogP contribution is -2.39. The molecular formula is C16H24N4O2. The number of aromatic hydroxyl groups is 1. The molecule has 6 heteroatoms. The summed E-state index contributed by atoms with van der Waals surface area (Å²) in [5.41, 5.74) is 0.526. The van der Waals surface area contributed by atoms with Crippen molar-refractivity contribution in [2.24, 2.45) is 10.9 Å². The summed E-state index contributed by atoms with van der Waals surface area (Å²) >= 11 is 0. The van der Waals surface area contributed by atoms with Crippen molar-refractivity contribution in [2.75, 3.05) is 19.6 Å². The number of nitrogens with zero attached hydrogens (tertiary/aromatic N) is 1. The third kappa shape index (κ3) is 4.95. The quantitative estimate of drug-likeness (QED) is 0.360. The van der Waals surface area contributed by atoms with E-state index >= 15 is 0 Å². The molecule has 0 heterocycles. The predicted octanol–water partition coefficient (Wildman–Crippen LogP) is 1.09. The molecule has 22 heavy (non-hydrogen) atoms. The van der Waals surface area contributed by atoms with Gasteiger partial charge in [-0.25, -0.2) is 0 Å². The molecule has 1 aliphatic rings. The monoisotopic (exact) mass is 304 g/mol. The number of guanidine groups is 1. The van der Waals surface area contributed by atoms with E-state index in [1.165, 1.54) is 18.6 Å². The third-order valence-electron chi connectivity index (χ3n) is 3.57. The van der Waals surface area contributed by atoms with Gasteiger partial charge >= 0.3 is 0 Å². The van der Waals surface area contributed by atoms with Gasteiger partial charge < -0.3 is 21.1 Å². The van der Waals surface area contributed by atoms with Crippen molar-refractivity contribution in [3.8, 4) is 5.75 Å². The number of phenolic OH excluding ortho intramolecular Hbond substituents is 1. The van der Waals surface area contributed by atoms with E-state index in [0.717, 1.165) is 12.5 Å². The van der Waals surface area contributed by atoms with Gasteiger partial charge in [0.1, 0.15) is 5.75 Å². The number of carbonyl (C=O) groups excluding carboxylic acids is 1. The second kappa shape index (κ2) is 7.68. The Labute approximate surface area is 131 Å². The van der Waals surface area contributed by atoms with Crippen LogP contribution < -0.4 is 16.0 Å². The van der Waals surface area contributed by atoms with Crippen LogP contribution >= 0.6 is 0 Å². The van der Waals surface area contributed by atoms with E-state index in [1.807, 2.05) is 6.92 Å². The van der Waals surface area contributed by atoms with Gasteiger partial charge in [-0.2, -0.15) is 0 Å². The van der Waals surface area contributed by atoms with Gasteiger partial charge in [-0.15, -0.1) is 0 Å². The molecule has 0 saturated heterocycles. The van der Waals surface area contributed by atoms with Crippen LogP contribution in [0.1, 0.15) is 30.6 Å². The molecule has 1 aromatic carbocycles. The van der Waals surface area contributed by atoms with Crippen LogP contribution in [0.3, 0.4) is 0 Å². The number of phenols is 1. The molecule has 2 rings (SSSR count). The highest BCUT2D eigenvalue weighted by Gasteiger charge is 2.33. The fraction of sp³-hybridized carbons (Fsp3) is 0.500. The van der Waals surface area contributed by atoms with Crippen LogP contribution in [0.15, 0.2) is 29.3 Å². The van der Waals surface area contributed by atoms with Crippen LogP contribution in [0.25, 0.3) is 0 Å². The number of nitrogens with one attached hydrogen (secondary N) is 3. The van der Waals surface area contributed by atoms with Gasteiger partial charge in [0, 0.05) is 24.7 Å². The molecule has 1 amide bonds. The Morgan fingerprint density at radius 3 is 2.59 bits per heavy atom. The summed E-state index contributed by atoms with van der Waals surface area (Å²) in [6.07, 6.45) is 1.18. The molecule has 1 aliphatic carbocycles. The average molecular weight is 304 g/mol. The predicted molar refractivity (Wildman–Crippen MR) is 87.1 cm³/mol. The van der Waals surface area contributed by atoms with E-state index in [1.54, 1.807) is 12.1 Å². The summed E-state index contributed by atoms with van der Waals surface area (Å²) in [7, 11) is 0. The molecule has 0 bridgehead atoms. The minimum atomic E-state index is -0.163. The maximum atomic E-state index is 11.9. The summed E-state index contributed by atoms with van der Waals surface area (Å²) in [5.74, 6) is 1.49. The number of aliphatic imine (C=N–C) groups is 1. The molecule has 0 radical (unpaired) electrons. The van der Waals surface area contributed by atoms with Crippen molar-refractivity contribution in [3.05, 3.63) is 29.8 Å². The first-order valence-electron chi connectivity index (χ1n) is 7.72. The second-order valence-electron chi connectivity index (χ2n) is 5.53. The van der Waals surface area contributed by atoms with Crippen LogP contribution in [0, 0.1) is 5.92 Å². The average Bonchev–Trinajstić information content (AvgIpc) is 3.19. The van der Waals surface area contributed by atoms with Crippen molar-refractivity contribution in [1.29, 1.82) is 0 Å². The van der Waals surface area contributed by atoms with Crippen molar-refractivity contribution in [1.82, 2.24) is 16.0 Å². The number of benzene rings is 1. The molecular weight excluding hydrogens is 280 g/mol. The summed E-state index contributed by atoms with van der Waals surface area (Å²) in [6, 6.07) is 6.69. The molecule has 1 aromatic rings. The second-order valence-corrected chi connectivity index (χ2v) is 5.53. The Kier molecular flexibility index (Phi) is 5.63. The zero-order chi connectivity index (χ0) is 15.9. The van der Waals surface area contributed by atoms with Crippen LogP contribution in [0.2, 0.25) is 0 Å². The first-order chi connectivity index (χ1) is 10.6. The molecule has 0 aliphatic heterocycles. The van der Waals surface area contributed by atoms with Crippen molar-refractivity contribution in [3.63, 3.8) is 0 Å². The van der Waals surface area contributed by atoms with E-state index in [0.29, 0.717) is 30.6 Å². The molecule has 6 nitrogen and oxygen atoms in total. The van der Waals surface area contributed by atoms with Crippen LogP contribution in [0.5, 0.6) is 5.75 Å². The Bertz CT molecular complexity index is 527. The first kappa shape index (κ1) is 16.1. The topological polar surface area (TPSA) is 85.8 Å². The smallest absolute Gasteiger partial charge is 0.251 e. The van der Waals surface area contributed by atoms with E-state index in [4.69, 9.17) is 0 Å². The minimum absolute atomic E-state index is 0.150. The van der Waals surface area contributed by atoms with Gasteiger partial charge in [-0.1, -0.05) is 6.92 Å². The first-order valence-corrected chi connectivity index (χ1v) is 7.72. The zero-order valence-corrected chi connectivity index (χ0v) is 13.1. The van der Waals surface area contributed by atoms with Crippen molar-refractivity contribution >= 4 is 11.9 Å². The highest BCUT2D eigenvalue weighted by Crippen LogP contribution is 2.28. The van der Waals surface area contributed by atoms with Gasteiger partial charge in [-0.05, 0) is 43.5 Å². The Morgan fingerprint density at radius 2 is 2.00 bits per heavy atom. The van der Waals surface area contributed by atoms with Gasteiger partial charge in [0.25, 0.3) is 5.91 Å². The highest BCUT2D eigenvalue weighted by molar-refractivity contribution is 5.94. The molecule has 1 fully saturated rings. The third-order valence-corrected chi connectivity index (χ3v) is 3.57. The van der Waals surface area contributed by atoms with E-state index in [9.17, 15) is 9.90 Å². The van der Waals surface area contributed by atoms with Crippen LogP contribution in [0.4, 0.5) is 0 Å². The number of hydrogen-bond acceptors (Lipinski definition) is 3. The largest absolute Gasteiger partial charge is 0.508 e. The molecule has 2 unspecified atom stereocenters. The number of rotatable bonds is 6. The highest BCUT2D eigenvalue weighted by atomic mass is 16.3. The lowest BCUT2D eigenvalue weighted by molar-refractivity contribution is 0.0955. The van der Waals surface area contributed by atoms with Gasteiger partial charge in [0.2, 0.25) is 0 Å². The fourth-order valence-electron chi connectivity index (χ4n) is 2.07. The summed E-state index contributed by atoms with van der Waals surface area (Å²) < 4.78 is 0. The van der Waals surface area contributed by atoms with E-state index in [2.05, 4.69) is 27.9 Å². The van der Waals surface area contributed by atoms with Crippen molar-refractivity contribution in [2.45, 2.75) is 26.3 Å². The molecule has 0 aromatic heterocycles. The van der Waals surface area contributed by atoms with Gasteiger partial charge in [0.05, 0.1) is 6.54 Å². The number of amides is 1.